The molecular weight excluding hydrogens is 429 g/mol. The Balaban J connectivity index is 1.69. The highest BCUT2D eigenvalue weighted by Crippen LogP contribution is 2.29. The van der Waals surface area contributed by atoms with E-state index in [4.69, 9.17) is 34.8 Å². The molecule has 0 saturated carbocycles. The molecule has 3 rings (SSSR count). The van der Waals surface area contributed by atoms with E-state index < -0.39 is 0 Å². The molecule has 0 spiro atoms. The van der Waals surface area contributed by atoms with Crippen LogP contribution in [0, 0.1) is 13.8 Å². The number of nitrogens with one attached hydrogen (secondary N) is 1. The van der Waals surface area contributed by atoms with Gasteiger partial charge in [-0.2, -0.15) is 0 Å². The van der Waals surface area contributed by atoms with Gasteiger partial charge in [-0.15, -0.1) is 10.2 Å². The Bertz CT molecular complexity index is 1010. The Hall–Kier alpha value is -1.80. The SMILES string of the molecule is Cc1ccc(-n2cnnc2SCC(=O)Nc2ncc(Cl)c(C)c2Cl)cc1Cl. The summed E-state index contributed by atoms with van der Waals surface area (Å²) >= 11 is 19.5. The second-order valence-electron chi connectivity index (χ2n) is 5.65. The summed E-state index contributed by atoms with van der Waals surface area (Å²) in [5.41, 5.74) is 2.45. The average Bonchev–Trinajstić information content (AvgIpc) is 3.11. The lowest BCUT2D eigenvalue weighted by molar-refractivity contribution is -0.113. The van der Waals surface area contributed by atoms with Gasteiger partial charge in [-0.05, 0) is 37.1 Å². The van der Waals surface area contributed by atoms with Gasteiger partial charge in [-0.25, -0.2) is 4.98 Å². The smallest absolute Gasteiger partial charge is 0.236 e. The van der Waals surface area contributed by atoms with Crippen molar-refractivity contribution in [1.82, 2.24) is 19.7 Å². The van der Waals surface area contributed by atoms with Gasteiger partial charge in [0.25, 0.3) is 0 Å². The lowest BCUT2D eigenvalue weighted by Gasteiger charge is -2.10. The summed E-state index contributed by atoms with van der Waals surface area (Å²) in [4.78, 5) is 16.3. The maximum atomic E-state index is 12.3. The number of aryl methyl sites for hydroxylation is 1. The largest absolute Gasteiger partial charge is 0.309 e. The summed E-state index contributed by atoms with van der Waals surface area (Å²) in [6.07, 6.45) is 3.02. The number of rotatable bonds is 5. The fraction of sp³-hybridized carbons (Fsp3) is 0.176. The third-order valence-electron chi connectivity index (χ3n) is 3.74. The molecule has 2 heterocycles. The zero-order chi connectivity index (χ0) is 19.6. The first kappa shape index (κ1) is 19.9. The number of nitrogens with zero attached hydrogens (tertiary/aromatic N) is 4. The first-order valence-electron chi connectivity index (χ1n) is 7.76. The highest BCUT2D eigenvalue weighted by molar-refractivity contribution is 7.99. The van der Waals surface area contributed by atoms with Crippen LogP contribution in [0.2, 0.25) is 15.1 Å². The van der Waals surface area contributed by atoms with Gasteiger partial charge in [0.1, 0.15) is 6.33 Å². The molecule has 1 aromatic carbocycles. The van der Waals surface area contributed by atoms with Gasteiger partial charge in [0.15, 0.2) is 11.0 Å². The Morgan fingerprint density at radius 3 is 2.74 bits per heavy atom. The number of thioether (sulfide) groups is 1. The summed E-state index contributed by atoms with van der Waals surface area (Å²) in [5.74, 6) is 0.112. The van der Waals surface area contributed by atoms with Crippen LogP contribution in [0.3, 0.4) is 0 Å². The van der Waals surface area contributed by atoms with E-state index in [1.165, 1.54) is 18.0 Å². The molecule has 10 heteroatoms. The van der Waals surface area contributed by atoms with Crippen molar-refractivity contribution in [2.75, 3.05) is 11.1 Å². The minimum Gasteiger partial charge on any atom is -0.309 e. The van der Waals surface area contributed by atoms with Gasteiger partial charge < -0.3 is 5.32 Å². The van der Waals surface area contributed by atoms with Crippen molar-refractivity contribution in [2.24, 2.45) is 0 Å². The standard InChI is InChI=1S/C17H14Cl3N5OS/c1-9-3-4-11(5-12(9)18)25-8-22-24-17(25)27-7-14(26)23-16-15(20)10(2)13(19)6-21-16/h3-6,8H,7H2,1-2H3,(H,21,23,26). The van der Waals surface area contributed by atoms with E-state index in [9.17, 15) is 4.79 Å². The van der Waals surface area contributed by atoms with Gasteiger partial charge >= 0.3 is 0 Å². The molecule has 0 atom stereocenters. The molecule has 0 aliphatic rings. The normalized spacial score (nSPS) is 10.9. The number of hydrogen-bond donors (Lipinski definition) is 1. The molecule has 140 valence electrons. The number of carbonyl (C=O) groups excluding carboxylic acids is 1. The van der Waals surface area contributed by atoms with Crippen LogP contribution in [-0.4, -0.2) is 31.4 Å². The predicted octanol–water partition coefficient (Wildman–Crippen LogP) is 4.97. The molecule has 0 radical (unpaired) electrons. The first-order valence-corrected chi connectivity index (χ1v) is 9.88. The molecule has 0 aliphatic carbocycles. The molecule has 6 nitrogen and oxygen atoms in total. The number of benzene rings is 1. The van der Waals surface area contributed by atoms with Crippen LogP contribution in [0.5, 0.6) is 0 Å². The van der Waals surface area contributed by atoms with E-state index in [1.54, 1.807) is 17.8 Å². The van der Waals surface area contributed by atoms with Gasteiger partial charge in [0.05, 0.1) is 21.5 Å². The Morgan fingerprint density at radius 2 is 2.00 bits per heavy atom. The van der Waals surface area contributed by atoms with E-state index in [1.807, 2.05) is 25.1 Å². The van der Waals surface area contributed by atoms with Gasteiger partial charge in [-0.3, -0.25) is 9.36 Å². The molecule has 0 unspecified atom stereocenters. The lowest BCUT2D eigenvalue weighted by Crippen LogP contribution is -2.16. The number of carbonyl (C=O) groups is 1. The van der Waals surface area contributed by atoms with Crippen LogP contribution in [0.15, 0.2) is 35.9 Å². The highest BCUT2D eigenvalue weighted by atomic mass is 35.5. The van der Waals surface area contributed by atoms with Crippen molar-refractivity contribution in [3.8, 4) is 5.69 Å². The van der Waals surface area contributed by atoms with Crippen molar-refractivity contribution in [2.45, 2.75) is 19.0 Å². The minimum atomic E-state index is -0.271. The highest BCUT2D eigenvalue weighted by Gasteiger charge is 2.14. The first-order chi connectivity index (χ1) is 12.9. The number of amides is 1. The third kappa shape index (κ3) is 4.55. The Labute approximate surface area is 175 Å². The maximum Gasteiger partial charge on any atom is 0.236 e. The predicted molar refractivity (Wildman–Crippen MR) is 109 cm³/mol. The molecule has 1 amide bonds. The topological polar surface area (TPSA) is 72.7 Å². The molecule has 1 N–H and O–H groups in total. The zero-order valence-electron chi connectivity index (χ0n) is 14.3. The van der Waals surface area contributed by atoms with E-state index in [2.05, 4.69) is 20.5 Å². The molecule has 3 aromatic rings. The number of halogens is 3. The van der Waals surface area contributed by atoms with Crippen LogP contribution in [0.25, 0.3) is 5.69 Å². The number of aromatic nitrogens is 4. The van der Waals surface area contributed by atoms with E-state index >= 15 is 0 Å². The van der Waals surface area contributed by atoms with Gasteiger partial charge in [-0.1, -0.05) is 52.6 Å². The summed E-state index contributed by atoms with van der Waals surface area (Å²) in [6, 6.07) is 5.65. The van der Waals surface area contributed by atoms with Crippen molar-refractivity contribution in [1.29, 1.82) is 0 Å². The van der Waals surface area contributed by atoms with Crippen LogP contribution < -0.4 is 5.32 Å². The summed E-state index contributed by atoms with van der Waals surface area (Å²) in [7, 11) is 0. The van der Waals surface area contributed by atoms with E-state index in [0.717, 1.165) is 11.3 Å². The van der Waals surface area contributed by atoms with Crippen LogP contribution in [0.4, 0.5) is 5.82 Å². The maximum absolute atomic E-state index is 12.3. The molecule has 0 aliphatic heterocycles. The number of hydrogen-bond acceptors (Lipinski definition) is 5. The fourth-order valence-electron chi connectivity index (χ4n) is 2.17. The quantitative estimate of drug-likeness (QED) is 0.565. The minimum absolute atomic E-state index is 0.109. The Kier molecular flexibility index (Phi) is 6.26. The fourth-order valence-corrected chi connectivity index (χ4v) is 3.47. The number of pyridine rings is 1. The molecular formula is C17H14Cl3N5OS. The third-order valence-corrected chi connectivity index (χ3v) is 5.94. The second kappa shape index (κ2) is 8.48. The Morgan fingerprint density at radius 1 is 1.22 bits per heavy atom. The van der Waals surface area contributed by atoms with Gasteiger partial charge in [0.2, 0.25) is 5.91 Å². The van der Waals surface area contributed by atoms with Crippen molar-refractivity contribution in [3.05, 3.63) is 56.9 Å². The molecule has 0 saturated heterocycles. The van der Waals surface area contributed by atoms with E-state index in [0.29, 0.717) is 25.8 Å². The van der Waals surface area contributed by atoms with Crippen LogP contribution in [-0.2, 0) is 4.79 Å². The molecule has 27 heavy (non-hydrogen) atoms. The van der Waals surface area contributed by atoms with Crippen molar-refractivity contribution in [3.63, 3.8) is 0 Å². The van der Waals surface area contributed by atoms with Crippen LogP contribution in [0.1, 0.15) is 11.1 Å². The average molecular weight is 443 g/mol. The molecule has 0 fully saturated rings. The van der Waals surface area contributed by atoms with Crippen LogP contribution >= 0.6 is 46.6 Å². The van der Waals surface area contributed by atoms with Gasteiger partial charge in [0, 0.05) is 11.2 Å². The summed E-state index contributed by atoms with van der Waals surface area (Å²) < 4.78 is 1.76. The number of anilines is 1. The summed E-state index contributed by atoms with van der Waals surface area (Å²) in [6.45, 7) is 3.68. The molecule has 2 aromatic heterocycles. The van der Waals surface area contributed by atoms with Crippen molar-refractivity contribution < 1.29 is 4.79 Å². The second-order valence-corrected chi connectivity index (χ2v) is 7.78. The van der Waals surface area contributed by atoms with Crippen molar-refractivity contribution >= 4 is 58.3 Å². The lowest BCUT2D eigenvalue weighted by atomic mass is 10.2. The zero-order valence-corrected chi connectivity index (χ0v) is 17.4. The van der Waals surface area contributed by atoms with E-state index in [-0.39, 0.29) is 17.5 Å². The molecule has 0 bridgehead atoms. The summed E-state index contributed by atoms with van der Waals surface area (Å²) in [5, 5.41) is 12.6. The monoisotopic (exact) mass is 441 g/mol.